The third-order valence-corrected chi connectivity index (χ3v) is 6.25. The molecule has 1 aromatic carbocycles. The lowest BCUT2D eigenvalue weighted by Crippen LogP contribution is -2.38. The highest BCUT2D eigenvalue weighted by atomic mass is 32.2. The summed E-state index contributed by atoms with van der Waals surface area (Å²) in [6.45, 7) is 2.48. The normalized spacial score (nSPS) is 17.0. The second-order valence-electron chi connectivity index (χ2n) is 6.71. The fourth-order valence-corrected chi connectivity index (χ4v) is 4.53. The largest absolute Gasteiger partial charge is 0.353 e. The summed E-state index contributed by atoms with van der Waals surface area (Å²) < 4.78 is 29.8. The molecule has 1 saturated heterocycles. The molecule has 0 amide bonds. The number of aryl methyl sites for hydroxylation is 2. The number of hydrogen-bond donors (Lipinski definition) is 1. The monoisotopic (exact) mass is 361 g/mol. The second-order valence-corrected chi connectivity index (χ2v) is 8.63. The van der Waals surface area contributed by atoms with Gasteiger partial charge < -0.3 is 4.57 Å². The number of rotatable bonds is 8. The van der Waals surface area contributed by atoms with Gasteiger partial charge in [-0.3, -0.25) is 4.90 Å². The van der Waals surface area contributed by atoms with Crippen molar-refractivity contribution in [3.05, 3.63) is 59.9 Å². The topological polar surface area (TPSA) is 54.3 Å². The molecule has 2 heterocycles. The molecule has 136 valence electrons. The molecule has 2 aromatic rings. The highest BCUT2D eigenvalue weighted by Crippen LogP contribution is 2.24. The molecule has 0 aliphatic carbocycles. The first-order chi connectivity index (χ1) is 12.1. The van der Waals surface area contributed by atoms with Crippen LogP contribution >= 0.6 is 0 Å². The number of sulfonamides is 1. The standard InChI is InChI=1S/C19H27N3O2S/c1-21-12-7-10-18(21)19(22-13-5-6-14-22)16-20-25(23,24)15-11-17-8-3-2-4-9-17/h2-4,7-10,12,19-20H,5-6,11,13-16H2,1H3/t19-/m0/s1. The summed E-state index contributed by atoms with van der Waals surface area (Å²) in [6, 6.07) is 13.9. The van der Waals surface area contributed by atoms with E-state index in [1.54, 1.807) is 0 Å². The zero-order chi connectivity index (χ0) is 17.7. The van der Waals surface area contributed by atoms with Crippen LogP contribution < -0.4 is 4.72 Å². The highest BCUT2D eigenvalue weighted by Gasteiger charge is 2.26. The van der Waals surface area contributed by atoms with Crippen molar-refractivity contribution in [3.8, 4) is 0 Å². The molecular formula is C19H27N3O2S. The van der Waals surface area contributed by atoms with Gasteiger partial charge in [0.2, 0.25) is 10.0 Å². The summed E-state index contributed by atoms with van der Waals surface area (Å²) >= 11 is 0. The Morgan fingerprint density at radius 3 is 2.44 bits per heavy atom. The number of benzene rings is 1. The van der Waals surface area contributed by atoms with Gasteiger partial charge in [-0.05, 0) is 50.0 Å². The maximum atomic E-state index is 12.4. The first-order valence-electron chi connectivity index (χ1n) is 8.92. The van der Waals surface area contributed by atoms with Gasteiger partial charge in [0.15, 0.2) is 0 Å². The number of aromatic nitrogens is 1. The first kappa shape index (κ1) is 18.2. The minimum atomic E-state index is -3.29. The van der Waals surface area contributed by atoms with Gasteiger partial charge in [0.1, 0.15) is 0 Å². The molecule has 1 aliphatic rings. The zero-order valence-corrected chi connectivity index (χ0v) is 15.6. The van der Waals surface area contributed by atoms with E-state index in [-0.39, 0.29) is 11.8 Å². The van der Waals surface area contributed by atoms with Crippen LogP contribution in [0.15, 0.2) is 48.7 Å². The van der Waals surface area contributed by atoms with Gasteiger partial charge >= 0.3 is 0 Å². The van der Waals surface area contributed by atoms with Gasteiger partial charge in [-0.1, -0.05) is 30.3 Å². The Balaban J connectivity index is 1.62. The summed E-state index contributed by atoms with van der Waals surface area (Å²) in [5.41, 5.74) is 2.21. The van der Waals surface area contributed by atoms with Crippen molar-refractivity contribution in [2.75, 3.05) is 25.4 Å². The van der Waals surface area contributed by atoms with Crippen LogP contribution in [0, 0.1) is 0 Å². The molecule has 6 heteroatoms. The Morgan fingerprint density at radius 2 is 1.80 bits per heavy atom. The van der Waals surface area contributed by atoms with Gasteiger partial charge in [-0.2, -0.15) is 0 Å². The van der Waals surface area contributed by atoms with E-state index >= 15 is 0 Å². The number of nitrogens with zero attached hydrogens (tertiary/aromatic N) is 2. The molecule has 5 nitrogen and oxygen atoms in total. The van der Waals surface area contributed by atoms with E-state index in [2.05, 4.69) is 20.3 Å². The van der Waals surface area contributed by atoms with Crippen molar-refractivity contribution in [2.24, 2.45) is 7.05 Å². The van der Waals surface area contributed by atoms with E-state index in [4.69, 9.17) is 0 Å². The van der Waals surface area contributed by atoms with Crippen molar-refractivity contribution in [3.63, 3.8) is 0 Å². The predicted molar refractivity (Wildman–Crippen MR) is 101 cm³/mol. The van der Waals surface area contributed by atoms with Crippen molar-refractivity contribution in [1.82, 2.24) is 14.2 Å². The van der Waals surface area contributed by atoms with Crippen molar-refractivity contribution in [2.45, 2.75) is 25.3 Å². The van der Waals surface area contributed by atoms with E-state index in [0.29, 0.717) is 13.0 Å². The quantitative estimate of drug-likeness (QED) is 0.785. The van der Waals surface area contributed by atoms with Crippen LogP contribution in [0.3, 0.4) is 0 Å². The minimum Gasteiger partial charge on any atom is -0.353 e. The molecule has 1 atom stereocenters. The number of nitrogens with one attached hydrogen (secondary N) is 1. The fourth-order valence-electron chi connectivity index (χ4n) is 3.47. The molecule has 25 heavy (non-hydrogen) atoms. The Kier molecular flexibility index (Phi) is 5.93. The van der Waals surface area contributed by atoms with Crippen LogP contribution in [0.1, 0.15) is 30.1 Å². The number of likely N-dealkylation sites (tertiary alicyclic amines) is 1. The molecule has 0 bridgehead atoms. The van der Waals surface area contributed by atoms with Gasteiger partial charge in [0, 0.05) is 25.5 Å². The second kappa shape index (κ2) is 8.17. The Hall–Kier alpha value is -1.63. The number of hydrogen-bond acceptors (Lipinski definition) is 3. The fraction of sp³-hybridized carbons (Fsp3) is 0.474. The van der Waals surface area contributed by atoms with Gasteiger partial charge in [-0.25, -0.2) is 13.1 Å². The maximum absolute atomic E-state index is 12.4. The molecule has 0 saturated carbocycles. The molecule has 0 unspecified atom stereocenters. The van der Waals surface area contributed by atoms with Crippen molar-refractivity contribution >= 4 is 10.0 Å². The van der Waals surface area contributed by atoms with Crippen molar-refractivity contribution in [1.29, 1.82) is 0 Å². The van der Waals surface area contributed by atoms with Gasteiger partial charge in [-0.15, -0.1) is 0 Å². The Labute approximate surface area is 150 Å². The molecule has 0 radical (unpaired) electrons. The van der Waals surface area contributed by atoms with Crippen LogP contribution in [-0.2, 0) is 23.5 Å². The average molecular weight is 362 g/mol. The molecule has 1 fully saturated rings. The van der Waals surface area contributed by atoms with Crippen LogP contribution in [0.25, 0.3) is 0 Å². The Morgan fingerprint density at radius 1 is 1.08 bits per heavy atom. The van der Waals surface area contributed by atoms with Crippen LogP contribution in [-0.4, -0.2) is 43.3 Å². The van der Waals surface area contributed by atoms with Gasteiger partial charge in [0.05, 0.1) is 11.8 Å². The lowest BCUT2D eigenvalue weighted by atomic mass is 10.2. The molecule has 1 N–H and O–H groups in total. The van der Waals surface area contributed by atoms with Crippen molar-refractivity contribution < 1.29 is 8.42 Å². The highest BCUT2D eigenvalue weighted by molar-refractivity contribution is 7.89. The summed E-state index contributed by atoms with van der Waals surface area (Å²) in [7, 11) is -1.28. The van der Waals surface area contributed by atoms with E-state index in [0.717, 1.165) is 24.3 Å². The van der Waals surface area contributed by atoms with Gasteiger partial charge in [0.25, 0.3) is 0 Å². The van der Waals surface area contributed by atoms with E-state index < -0.39 is 10.0 Å². The molecule has 0 spiro atoms. The lowest BCUT2D eigenvalue weighted by Gasteiger charge is -2.28. The molecule has 3 rings (SSSR count). The summed E-state index contributed by atoms with van der Waals surface area (Å²) in [4.78, 5) is 2.38. The van der Waals surface area contributed by atoms with E-state index in [9.17, 15) is 8.42 Å². The third kappa shape index (κ3) is 4.93. The summed E-state index contributed by atoms with van der Waals surface area (Å²) in [6.07, 6.45) is 4.92. The molecular weight excluding hydrogens is 334 g/mol. The molecule has 1 aromatic heterocycles. The SMILES string of the molecule is Cn1cccc1[C@H](CNS(=O)(=O)CCc1ccccc1)N1CCCC1. The van der Waals surface area contributed by atoms with Crippen LogP contribution in [0.4, 0.5) is 0 Å². The average Bonchev–Trinajstić information content (AvgIpc) is 3.27. The summed E-state index contributed by atoms with van der Waals surface area (Å²) in [5.74, 6) is 0.122. The minimum absolute atomic E-state index is 0.0917. The van der Waals surface area contributed by atoms with E-state index in [1.165, 1.54) is 12.8 Å². The van der Waals surface area contributed by atoms with E-state index in [1.807, 2.05) is 49.6 Å². The predicted octanol–water partition coefficient (Wildman–Crippen LogP) is 2.32. The van der Waals surface area contributed by atoms with Crippen LogP contribution in [0.2, 0.25) is 0 Å². The zero-order valence-electron chi connectivity index (χ0n) is 14.8. The Bertz CT molecular complexity index is 765. The third-order valence-electron chi connectivity index (χ3n) is 4.91. The van der Waals surface area contributed by atoms with Crippen LogP contribution in [0.5, 0.6) is 0 Å². The molecule has 1 aliphatic heterocycles. The summed E-state index contributed by atoms with van der Waals surface area (Å²) in [5, 5.41) is 0. The first-order valence-corrected chi connectivity index (χ1v) is 10.6. The lowest BCUT2D eigenvalue weighted by molar-refractivity contribution is 0.238. The smallest absolute Gasteiger partial charge is 0.211 e. The maximum Gasteiger partial charge on any atom is 0.211 e.